The number of fused-ring (bicyclic) bond motifs is 7. The van der Waals surface area contributed by atoms with Crippen molar-refractivity contribution in [2.75, 3.05) is 26.4 Å². The largest absolute Gasteiger partial charge is 0.432 e. The summed E-state index contributed by atoms with van der Waals surface area (Å²) in [6, 6.07) is 0. The molecule has 9 aliphatic rings. The molecule has 0 bridgehead atoms. The summed E-state index contributed by atoms with van der Waals surface area (Å²) in [5.41, 5.74) is -1.03. The zero-order valence-electron chi connectivity index (χ0n) is 44.2. The van der Waals surface area contributed by atoms with Crippen molar-refractivity contribution in [2.24, 2.45) is 50.2 Å². The predicted molar refractivity (Wildman–Crippen MR) is 257 cm³/mol. The first kappa shape index (κ1) is 58.1. The van der Waals surface area contributed by atoms with Crippen LogP contribution in [-0.2, 0) is 42.7 Å². The van der Waals surface area contributed by atoms with Gasteiger partial charge in [0.05, 0.1) is 37.9 Å². The molecule has 13 N–H and O–H groups in total. The number of carbonyl (C=O) groups is 1. The number of ether oxygens (including phenoxy) is 8. The van der Waals surface area contributed by atoms with Gasteiger partial charge < -0.3 is 104 Å². The predicted octanol–water partition coefficient (Wildman–Crippen LogP) is -1.40. The van der Waals surface area contributed by atoms with Crippen LogP contribution in [0.3, 0.4) is 0 Å². The van der Waals surface area contributed by atoms with Gasteiger partial charge in [0.1, 0.15) is 91.6 Å². The molecule has 27 atom stereocenters. The zero-order valence-corrected chi connectivity index (χ0v) is 44.2. The van der Waals surface area contributed by atoms with Crippen molar-refractivity contribution >= 4 is 5.97 Å². The van der Waals surface area contributed by atoms with Gasteiger partial charge in [-0.2, -0.15) is 0 Å². The number of aliphatic hydroxyl groups excluding tert-OH is 13. The van der Waals surface area contributed by atoms with Gasteiger partial charge in [-0.1, -0.05) is 60.1 Å². The lowest BCUT2D eigenvalue weighted by Crippen LogP contribution is -2.67. The number of esters is 1. The van der Waals surface area contributed by atoms with E-state index < -0.39 is 159 Å². The third-order valence-corrected chi connectivity index (χ3v) is 21.0. The van der Waals surface area contributed by atoms with E-state index in [1.165, 1.54) is 5.57 Å². The molecule has 0 aromatic rings. The molecule has 4 saturated carbocycles. The topological polar surface area (TPSA) is 354 Å². The molecule has 9 rings (SSSR count). The van der Waals surface area contributed by atoms with Crippen LogP contribution in [0.15, 0.2) is 11.6 Å². The molecular weight excluding hydrogens is 989 g/mol. The van der Waals surface area contributed by atoms with E-state index in [2.05, 4.69) is 54.5 Å². The lowest BCUT2D eigenvalue weighted by molar-refractivity contribution is -0.389. The molecule has 0 aromatic carbocycles. The minimum absolute atomic E-state index is 0.0917. The van der Waals surface area contributed by atoms with Crippen LogP contribution in [-0.4, -0.2) is 222 Å². The minimum Gasteiger partial charge on any atom is -0.432 e. The highest BCUT2D eigenvalue weighted by Crippen LogP contribution is 2.76. The third-order valence-electron chi connectivity index (χ3n) is 21.0. The van der Waals surface area contributed by atoms with Crippen molar-refractivity contribution in [3.63, 3.8) is 0 Å². The monoisotopic (exact) mass is 1070 g/mol. The number of aliphatic hydroxyl groups is 13. The first-order valence-corrected chi connectivity index (χ1v) is 27.2. The summed E-state index contributed by atoms with van der Waals surface area (Å²) >= 11 is 0. The normalized spacial score (nSPS) is 53.5. The smallest absolute Gasteiger partial charge is 0.315 e. The molecule has 5 aliphatic carbocycles. The van der Waals surface area contributed by atoms with Crippen LogP contribution < -0.4 is 0 Å². The van der Waals surface area contributed by atoms with Gasteiger partial charge >= 0.3 is 5.97 Å². The van der Waals surface area contributed by atoms with Crippen molar-refractivity contribution in [1.82, 2.24) is 0 Å². The number of rotatable bonds is 11. The van der Waals surface area contributed by atoms with Crippen LogP contribution >= 0.6 is 0 Å². The SMILES string of the molecule is CC1(C)CC[C@]2(C(=O)O[C@@H]3O[C@H](CO)[C@@H](O)[C@H](O)[C@H]3O)CC[C@]3(C)C(=CC[C@@H]4[C@@]5(C)CC[C@H](O[C@@H]6OC[C@H](O)[C@H](O[C@@H]7O[C@H](CO)[C@@H](O)[C@H](O)[C@H]7O)[C@H]6O[C@@H]6O[C@H](CO)[C@@H](O)[C@H](O)[C@H]6O)C(C)(C)[C@@H]5CC[C@]43C)[C@@H]2C1. The van der Waals surface area contributed by atoms with Crippen LogP contribution in [0.1, 0.15) is 113 Å². The molecule has 22 nitrogen and oxygen atoms in total. The fourth-order valence-corrected chi connectivity index (χ4v) is 16.2. The van der Waals surface area contributed by atoms with Crippen molar-refractivity contribution in [2.45, 2.75) is 235 Å². The fourth-order valence-electron chi connectivity index (χ4n) is 16.2. The molecule has 0 unspecified atom stereocenters. The van der Waals surface area contributed by atoms with Gasteiger partial charge in [0, 0.05) is 0 Å². The van der Waals surface area contributed by atoms with Gasteiger partial charge in [-0.25, -0.2) is 0 Å². The first-order valence-electron chi connectivity index (χ1n) is 27.2. The molecule has 0 spiro atoms. The van der Waals surface area contributed by atoms with E-state index in [0.717, 1.165) is 38.5 Å². The summed E-state index contributed by atoms with van der Waals surface area (Å²) in [5, 5.41) is 138. The van der Waals surface area contributed by atoms with Crippen molar-refractivity contribution < 1.29 is 109 Å². The molecule has 4 heterocycles. The van der Waals surface area contributed by atoms with Crippen LogP contribution in [0.2, 0.25) is 0 Å². The molecule has 22 heteroatoms. The minimum atomic E-state index is -1.87. The Hall–Kier alpha value is -1.59. The Morgan fingerprint density at radius 2 is 1.09 bits per heavy atom. The van der Waals surface area contributed by atoms with Crippen molar-refractivity contribution in [3.05, 3.63) is 11.6 Å². The lowest BCUT2D eigenvalue weighted by atomic mass is 9.33. The van der Waals surface area contributed by atoms with Crippen molar-refractivity contribution in [1.29, 1.82) is 0 Å². The van der Waals surface area contributed by atoms with E-state index >= 15 is 0 Å². The maximum Gasteiger partial charge on any atom is 0.315 e. The van der Waals surface area contributed by atoms with Gasteiger partial charge in [0.25, 0.3) is 0 Å². The van der Waals surface area contributed by atoms with Gasteiger partial charge in [-0.15, -0.1) is 0 Å². The highest BCUT2D eigenvalue weighted by atomic mass is 16.8. The van der Waals surface area contributed by atoms with E-state index in [-0.39, 0.29) is 46.0 Å². The Kier molecular flexibility index (Phi) is 16.3. The van der Waals surface area contributed by atoms with Crippen LogP contribution in [0.25, 0.3) is 0 Å². The fraction of sp³-hybridized carbons (Fsp3) is 0.943. The van der Waals surface area contributed by atoms with E-state index in [1.807, 2.05) is 0 Å². The second kappa shape index (κ2) is 21.1. The average Bonchev–Trinajstić information content (AvgIpc) is 3.36. The number of carbonyl (C=O) groups excluding carboxylic acids is 1. The molecule has 0 amide bonds. The summed E-state index contributed by atoms with van der Waals surface area (Å²) in [6.45, 7) is 13.4. The quantitative estimate of drug-likeness (QED) is 0.0643. The molecule has 75 heavy (non-hydrogen) atoms. The van der Waals surface area contributed by atoms with Gasteiger partial charge in [-0.05, 0) is 109 Å². The second-order valence-corrected chi connectivity index (χ2v) is 25.8. The third kappa shape index (κ3) is 9.50. The number of hydrogen-bond donors (Lipinski definition) is 13. The summed E-state index contributed by atoms with van der Waals surface area (Å²) < 4.78 is 48.7. The molecule has 0 aromatic heterocycles. The highest BCUT2D eigenvalue weighted by Gasteiger charge is 2.70. The number of hydrogen-bond acceptors (Lipinski definition) is 22. The lowest BCUT2D eigenvalue weighted by Gasteiger charge is -2.71. The molecular formula is C53H86O22. The summed E-state index contributed by atoms with van der Waals surface area (Å²) in [5.74, 6) is -0.378. The molecule has 4 aliphatic heterocycles. The average molecular weight is 1080 g/mol. The van der Waals surface area contributed by atoms with E-state index in [1.54, 1.807) is 0 Å². The maximum absolute atomic E-state index is 14.8. The Morgan fingerprint density at radius 1 is 0.573 bits per heavy atom. The van der Waals surface area contributed by atoms with Crippen LogP contribution in [0.5, 0.6) is 0 Å². The standard InChI is InChI=1S/C53H86O22/c1-48(2)14-16-53(47(67)75-45-40(66)37(63)34(60)28(21-56)71-45)17-15-51(6)23(24(53)18-48)8-9-30-50(5)12-11-31(49(3,4)29(50)10-13-52(30,51)7)72-46-42(74-44-39(65)36(62)33(59)27(20-55)70-44)41(25(57)22-68-46)73-43-38(64)35(61)32(58)26(19-54)69-43/h8,24-46,54-66H,9-22H2,1-7H3/t24-,25-,26+,27+,28+,29-,30+,31-,32+,33+,34+,35-,36-,37-,38+,39+,40+,41-,42+,43-,44-,45-,46-,50-,51+,52+,53-/m0/s1. The van der Waals surface area contributed by atoms with Gasteiger partial charge in [-0.3, -0.25) is 4.79 Å². The van der Waals surface area contributed by atoms with Gasteiger partial charge in [0.2, 0.25) is 6.29 Å². The van der Waals surface area contributed by atoms with Crippen LogP contribution in [0, 0.1) is 50.2 Å². The first-order chi connectivity index (χ1) is 35.1. The Balaban J connectivity index is 0.976. The molecule has 430 valence electrons. The maximum atomic E-state index is 14.8. The Bertz CT molecular complexity index is 2050. The van der Waals surface area contributed by atoms with E-state index in [4.69, 9.17) is 37.9 Å². The second-order valence-electron chi connectivity index (χ2n) is 25.8. The summed E-state index contributed by atoms with van der Waals surface area (Å²) in [4.78, 5) is 14.8. The molecule has 8 fully saturated rings. The zero-order chi connectivity index (χ0) is 54.7. The summed E-state index contributed by atoms with van der Waals surface area (Å²) in [6.07, 6.45) is -21.8. The van der Waals surface area contributed by atoms with Crippen LogP contribution in [0.4, 0.5) is 0 Å². The molecule has 0 radical (unpaired) electrons. The van der Waals surface area contributed by atoms with Crippen molar-refractivity contribution in [3.8, 4) is 0 Å². The Morgan fingerprint density at radius 3 is 1.65 bits per heavy atom. The molecule has 4 saturated heterocycles. The van der Waals surface area contributed by atoms with E-state index in [0.29, 0.717) is 25.7 Å². The van der Waals surface area contributed by atoms with Gasteiger partial charge in [0.15, 0.2) is 18.9 Å². The Labute approximate surface area is 437 Å². The van der Waals surface area contributed by atoms with E-state index in [9.17, 15) is 71.2 Å². The highest BCUT2D eigenvalue weighted by molar-refractivity contribution is 5.79. The summed E-state index contributed by atoms with van der Waals surface area (Å²) in [7, 11) is 0. The number of allylic oxidation sites excluding steroid dienone is 2.